The van der Waals surface area contributed by atoms with E-state index in [0.29, 0.717) is 0 Å². The fourth-order valence-corrected chi connectivity index (χ4v) is 1.63. The van der Waals surface area contributed by atoms with Crippen LogP contribution in [0.3, 0.4) is 0 Å². The number of nitrogens with zero attached hydrogens (tertiary/aromatic N) is 1. The van der Waals surface area contributed by atoms with Crippen LogP contribution in [0.5, 0.6) is 0 Å². The molecule has 20 heavy (non-hydrogen) atoms. The number of nitrogens with one attached hydrogen (secondary N) is 1. The van der Waals surface area contributed by atoms with Gasteiger partial charge in [0.2, 0.25) is 0 Å². The van der Waals surface area contributed by atoms with E-state index >= 15 is 0 Å². The van der Waals surface area contributed by atoms with Crippen molar-refractivity contribution in [2.45, 2.75) is 6.54 Å². The van der Waals surface area contributed by atoms with Gasteiger partial charge in [-0.05, 0) is 24.3 Å². The number of halogens is 4. The highest BCUT2D eigenvalue weighted by atomic mass is 19.2. The van der Waals surface area contributed by atoms with E-state index in [9.17, 15) is 17.6 Å². The third-order valence-corrected chi connectivity index (χ3v) is 2.66. The molecule has 102 valence electrons. The summed E-state index contributed by atoms with van der Waals surface area (Å²) in [5.41, 5.74) is -0.225. The van der Waals surface area contributed by atoms with Gasteiger partial charge in [0.1, 0.15) is 11.6 Å². The minimum absolute atomic E-state index is 0.128. The zero-order valence-corrected chi connectivity index (χ0v) is 10.1. The van der Waals surface area contributed by atoms with Crippen molar-refractivity contribution in [3.05, 3.63) is 64.7 Å². The van der Waals surface area contributed by atoms with Gasteiger partial charge in [0.25, 0.3) is 0 Å². The minimum Gasteiger partial charge on any atom is -0.381 e. The lowest BCUT2D eigenvalue weighted by molar-refractivity contribution is 0.509. The molecule has 0 aromatic heterocycles. The molecule has 2 rings (SSSR count). The van der Waals surface area contributed by atoms with Gasteiger partial charge in [-0.2, -0.15) is 5.26 Å². The monoisotopic (exact) mass is 280 g/mol. The van der Waals surface area contributed by atoms with Crippen LogP contribution in [-0.2, 0) is 6.54 Å². The molecule has 0 unspecified atom stereocenters. The van der Waals surface area contributed by atoms with Crippen LogP contribution < -0.4 is 5.32 Å². The lowest BCUT2D eigenvalue weighted by Crippen LogP contribution is -2.05. The Balaban J connectivity index is 2.19. The van der Waals surface area contributed by atoms with Crippen molar-refractivity contribution < 1.29 is 17.6 Å². The van der Waals surface area contributed by atoms with Crippen LogP contribution in [0.4, 0.5) is 23.2 Å². The first kappa shape index (κ1) is 13.9. The normalized spacial score (nSPS) is 10.2. The summed E-state index contributed by atoms with van der Waals surface area (Å²) < 4.78 is 52.8. The van der Waals surface area contributed by atoms with Gasteiger partial charge < -0.3 is 5.32 Å². The summed E-state index contributed by atoms with van der Waals surface area (Å²) in [6.45, 7) is -0.256. The Kier molecular flexibility index (Phi) is 3.89. The highest BCUT2D eigenvalue weighted by molar-refractivity contribution is 5.45. The van der Waals surface area contributed by atoms with Gasteiger partial charge in [-0.25, -0.2) is 17.6 Å². The zero-order valence-electron chi connectivity index (χ0n) is 10.1. The van der Waals surface area contributed by atoms with E-state index < -0.39 is 23.3 Å². The standard InChI is InChI=1S/C14H8F4N2/c15-11-2-1-9(5-14(11)18)20-7-10-12(16)3-8(6-19)4-13(10)17/h1-5,20H,7H2. The Hall–Kier alpha value is -2.55. The van der Waals surface area contributed by atoms with Gasteiger partial charge in [-0.15, -0.1) is 0 Å². The number of hydrogen-bond acceptors (Lipinski definition) is 2. The van der Waals surface area contributed by atoms with Crippen LogP contribution >= 0.6 is 0 Å². The molecule has 0 amide bonds. The maximum absolute atomic E-state index is 13.6. The molecule has 0 spiro atoms. The van der Waals surface area contributed by atoms with Crippen LogP contribution in [0.25, 0.3) is 0 Å². The zero-order chi connectivity index (χ0) is 14.7. The molecule has 0 radical (unpaired) electrons. The third kappa shape index (κ3) is 2.88. The molecule has 0 saturated carbocycles. The molecule has 0 aliphatic heterocycles. The number of hydrogen-bond donors (Lipinski definition) is 1. The second kappa shape index (κ2) is 5.61. The molecule has 2 nitrogen and oxygen atoms in total. The summed E-state index contributed by atoms with van der Waals surface area (Å²) in [7, 11) is 0. The first-order valence-electron chi connectivity index (χ1n) is 5.58. The lowest BCUT2D eigenvalue weighted by Gasteiger charge is -2.09. The first-order chi connectivity index (χ1) is 9.51. The summed E-state index contributed by atoms with van der Waals surface area (Å²) in [5.74, 6) is -3.82. The topological polar surface area (TPSA) is 35.8 Å². The van der Waals surface area contributed by atoms with Crippen molar-refractivity contribution >= 4 is 5.69 Å². The highest BCUT2D eigenvalue weighted by Gasteiger charge is 2.11. The summed E-state index contributed by atoms with van der Waals surface area (Å²) in [4.78, 5) is 0. The molecule has 2 aromatic carbocycles. The van der Waals surface area contributed by atoms with Crippen molar-refractivity contribution in [1.82, 2.24) is 0 Å². The molecule has 0 saturated heterocycles. The number of nitriles is 1. The van der Waals surface area contributed by atoms with Crippen LogP contribution in [-0.4, -0.2) is 0 Å². The highest BCUT2D eigenvalue weighted by Crippen LogP contribution is 2.18. The molecule has 0 bridgehead atoms. The van der Waals surface area contributed by atoms with E-state index in [-0.39, 0.29) is 23.4 Å². The van der Waals surface area contributed by atoms with Crippen molar-refractivity contribution in [2.24, 2.45) is 0 Å². The second-order valence-electron chi connectivity index (χ2n) is 4.01. The van der Waals surface area contributed by atoms with Crippen LogP contribution in [0, 0.1) is 34.6 Å². The largest absolute Gasteiger partial charge is 0.381 e. The molecule has 0 atom stereocenters. The van der Waals surface area contributed by atoms with Gasteiger partial charge in [-0.3, -0.25) is 0 Å². The molecule has 0 aliphatic rings. The maximum atomic E-state index is 13.6. The Labute approximate surface area is 112 Å². The van der Waals surface area contributed by atoms with Crippen molar-refractivity contribution in [3.8, 4) is 6.07 Å². The predicted octanol–water partition coefficient (Wildman–Crippen LogP) is 3.73. The summed E-state index contributed by atoms with van der Waals surface area (Å²) in [6, 6.07) is 6.49. The summed E-state index contributed by atoms with van der Waals surface area (Å²) in [5, 5.41) is 11.1. The average Bonchev–Trinajstić information content (AvgIpc) is 2.41. The smallest absolute Gasteiger partial charge is 0.160 e. The van der Waals surface area contributed by atoms with E-state index in [1.54, 1.807) is 6.07 Å². The van der Waals surface area contributed by atoms with Gasteiger partial charge in [0.05, 0.1) is 11.6 Å². The maximum Gasteiger partial charge on any atom is 0.160 e. The van der Waals surface area contributed by atoms with Gasteiger partial charge >= 0.3 is 0 Å². The number of rotatable bonds is 3. The Morgan fingerprint density at radius 1 is 0.900 bits per heavy atom. The van der Waals surface area contributed by atoms with Crippen LogP contribution in [0.15, 0.2) is 30.3 Å². The molecule has 0 fully saturated rings. The van der Waals surface area contributed by atoms with E-state index in [1.807, 2.05) is 0 Å². The summed E-state index contributed by atoms with van der Waals surface area (Å²) >= 11 is 0. The van der Waals surface area contributed by atoms with E-state index in [1.165, 1.54) is 6.07 Å². The quantitative estimate of drug-likeness (QED) is 0.870. The summed E-state index contributed by atoms with van der Waals surface area (Å²) in [6.07, 6.45) is 0. The molecule has 6 heteroatoms. The Morgan fingerprint density at radius 3 is 2.10 bits per heavy atom. The predicted molar refractivity (Wildman–Crippen MR) is 64.8 cm³/mol. The SMILES string of the molecule is N#Cc1cc(F)c(CNc2ccc(F)c(F)c2)c(F)c1. The molecule has 1 N–H and O–H groups in total. The van der Waals surface area contributed by atoms with E-state index in [4.69, 9.17) is 5.26 Å². The average molecular weight is 280 g/mol. The van der Waals surface area contributed by atoms with Crippen molar-refractivity contribution in [2.75, 3.05) is 5.32 Å². The molecular weight excluding hydrogens is 272 g/mol. The van der Waals surface area contributed by atoms with E-state index in [0.717, 1.165) is 24.3 Å². The lowest BCUT2D eigenvalue weighted by atomic mass is 10.1. The second-order valence-corrected chi connectivity index (χ2v) is 4.01. The molecule has 0 heterocycles. The van der Waals surface area contributed by atoms with Gasteiger partial charge in [-0.1, -0.05) is 0 Å². The number of anilines is 1. The fourth-order valence-electron chi connectivity index (χ4n) is 1.63. The fraction of sp³-hybridized carbons (Fsp3) is 0.0714. The first-order valence-corrected chi connectivity index (χ1v) is 5.58. The van der Waals surface area contributed by atoms with Crippen molar-refractivity contribution in [3.63, 3.8) is 0 Å². The minimum atomic E-state index is -1.06. The third-order valence-electron chi connectivity index (χ3n) is 2.66. The van der Waals surface area contributed by atoms with Crippen molar-refractivity contribution in [1.29, 1.82) is 5.26 Å². The number of benzene rings is 2. The molecule has 2 aromatic rings. The van der Waals surface area contributed by atoms with Gasteiger partial charge in [0, 0.05) is 23.9 Å². The molecular formula is C14H8F4N2. The van der Waals surface area contributed by atoms with Crippen LogP contribution in [0.2, 0.25) is 0 Å². The molecule has 0 aliphatic carbocycles. The van der Waals surface area contributed by atoms with Crippen LogP contribution in [0.1, 0.15) is 11.1 Å². The van der Waals surface area contributed by atoms with E-state index in [2.05, 4.69) is 5.32 Å². The Morgan fingerprint density at radius 2 is 1.55 bits per heavy atom. The Bertz CT molecular complexity index is 669. The van der Waals surface area contributed by atoms with Gasteiger partial charge in [0.15, 0.2) is 11.6 Å².